The minimum atomic E-state index is -3.41. The highest BCUT2D eigenvalue weighted by Crippen LogP contribution is 2.20. The topological polar surface area (TPSA) is 59.0 Å². The van der Waals surface area contributed by atoms with Crippen molar-refractivity contribution in [2.45, 2.75) is 6.61 Å². The van der Waals surface area contributed by atoms with Crippen molar-refractivity contribution in [2.75, 3.05) is 12.3 Å². The lowest BCUT2D eigenvalue weighted by atomic mass is 10.2. The van der Waals surface area contributed by atoms with Crippen LogP contribution >= 0.6 is 11.6 Å². The van der Waals surface area contributed by atoms with Gasteiger partial charge in [0.25, 0.3) is 10.0 Å². The van der Waals surface area contributed by atoms with Gasteiger partial charge in [0.05, 0.1) is 5.75 Å². The number of nitrogens with zero attached hydrogens (tertiary/aromatic N) is 2. The second-order valence-corrected chi connectivity index (χ2v) is 6.88. The first kappa shape index (κ1) is 14.2. The normalized spacial score (nSPS) is 19.6. The quantitative estimate of drug-likeness (QED) is 0.856. The van der Waals surface area contributed by atoms with Crippen LogP contribution in [0.15, 0.2) is 52.8 Å². The Balaban J connectivity index is 1.80. The molecular weight excluding hydrogens is 312 g/mol. The predicted molar refractivity (Wildman–Crippen MR) is 81.4 cm³/mol. The molecule has 3 rings (SSSR count). The Bertz CT molecular complexity index is 753. The minimum Gasteiger partial charge on any atom is -0.485 e. The van der Waals surface area contributed by atoms with E-state index in [0.717, 1.165) is 5.56 Å². The summed E-state index contributed by atoms with van der Waals surface area (Å²) in [5, 5.41) is 0.632. The van der Waals surface area contributed by atoms with Crippen molar-refractivity contribution in [3.8, 4) is 0 Å². The third kappa shape index (κ3) is 3.28. The molecule has 0 unspecified atom stereocenters. The van der Waals surface area contributed by atoms with Gasteiger partial charge in [-0.05, 0) is 29.8 Å². The highest BCUT2D eigenvalue weighted by atomic mass is 35.5. The van der Waals surface area contributed by atoms with Crippen molar-refractivity contribution in [3.63, 3.8) is 0 Å². The third-order valence-electron chi connectivity index (χ3n) is 3.11. The highest BCUT2D eigenvalue weighted by Gasteiger charge is 2.27. The molecule has 5 nitrogen and oxygen atoms in total. The number of amidine groups is 1. The van der Waals surface area contributed by atoms with E-state index in [1.807, 2.05) is 18.2 Å². The van der Waals surface area contributed by atoms with E-state index >= 15 is 0 Å². The summed E-state index contributed by atoms with van der Waals surface area (Å²) in [6.45, 7) is 0.683. The second kappa shape index (κ2) is 5.54. The van der Waals surface area contributed by atoms with Gasteiger partial charge in [-0.25, -0.2) is 8.42 Å². The van der Waals surface area contributed by atoms with Crippen molar-refractivity contribution >= 4 is 27.5 Å². The summed E-state index contributed by atoms with van der Waals surface area (Å²) in [4.78, 5) is 1.77. The van der Waals surface area contributed by atoms with Gasteiger partial charge in [0.1, 0.15) is 6.61 Å². The van der Waals surface area contributed by atoms with Crippen molar-refractivity contribution in [1.82, 2.24) is 4.90 Å². The fourth-order valence-electron chi connectivity index (χ4n) is 2.09. The molecule has 0 saturated carbocycles. The van der Waals surface area contributed by atoms with Crippen LogP contribution in [-0.4, -0.2) is 31.5 Å². The molecule has 21 heavy (non-hydrogen) atoms. The van der Waals surface area contributed by atoms with E-state index in [1.54, 1.807) is 29.3 Å². The number of rotatable bonds is 3. The number of benzene rings is 1. The van der Waals surface area contributed by atoms with Crippen LogP contribution in [0, 0.1) is 0 Å². The van der Waals surface area contributed by atoms with Gasteiger partial charge < -0.3 is 9.64 Å². The molecule has 2 aliphatic heterocycles. The maximum absolute atomic E-state index is 11.6. The predicted octanol–water partition coefficient (Wildman–Crippen LogP) is 2.31. The average molecular weight is 325 g/mol. The fourth-order valence-corrected chi connectivity index (χ4v) is 3.28. The molecule has 1 aromatic carbocycles. The third-order valence-corrected chi connectivity index (χ3v) is 4.49. The molecule has 1 aromatic rings. The number of allylic oxidation sites excluding steroid dienone is 2. The molecule has 0 saturated heterocycles. The van der Waals surface area contributed by atoms with Gasteiger partial charge in [0.2, 0.25) is 0 Å². The molecule has 0 fully saturated rings. The molecule has 110 valence electrons. The average Bonchev–Trinajstić information content (AvgIpc) is 2.44. The Morgan fingerprint density at radius 1 is 1.38 bits per heavy atom. The van der Waals surface area contributed by atoms with Crippen LogP contribution in [-0.2, 0) is 21.4 Å². The zero-order valence-electron chi connectivity index (χ0n) is 11.1. The van der Waals surface area contributed by atoms with Gasteiger partial charge in [-0.15, -0.1) is 4.40 Å². The minimum absolute atomic E-state index is 0.0163. The molecule has 7 heteroatoms. The molecule has 0 radical (unpaired) electrons. The van der Waals surface area contributed by atoms with E-state index in [2.05, 4.69) is 4.40 Å². The molecule has 2 aliphatic rings. The maximum Gasteiger partial charge on any atom is 0.256 e. The van der Waals surface area contributed by atoms with Gasteiger partial charge in [0, 0.05) is 17.8 Å². The Morgan fingerprint density at radius 2 is 2.24 bits per heavy atom. The standard InChI is InChI=1S/C14H13ClN2O3S/c15-12-4-1-3-11(9-12)10-20-13-5-2-6-17-7-8-21(18,19)16-14(13)17/h1-6,9H,7-8,10H2. The van der Waals surface area contributed by atoms with Crippen LogP contribution in [0.25, 0.3) is 0 Å². The summed E-state index contributed by atoms with van der Waals surface area (Å²) >= 11 is 5.92. The molecule has 0 aromatic heterocycles. The lowest BCUT2D eigenvalue weighted by Crippen LogP contribution is -2.38. The van der Waals surface area contributed by atoms with E-state index in [0.29, 0.717) is 29.8 Å². The van der Waals surface area contributed by atoms with Crippen LogP contribution in [0.3, 0.4) is 0 Å². The van der Waals surface area contributed by atoms with Gasteiger partial charge in [0.15, 0.2) is 11.6 Å². The summed E-state index contributed by atoms with van der Waals surface area (Å²) in [6.07, 6.45) is 5.31. The van der Waals surface area contributed by atoms with Gasteiger partial charge in [-0.1, -0.05) is 23.7 Å². The largest absolute Gasteiger partial charge is 0.485 e. The Kier molecular flexibility index (Phi) is 3.73. The zero-order valence-corrected chi connectivity index (χ0v) is 12.6. The van der Waals surface area contributed by atoms with Crippen LogP contribution in [0.1, 0.15) is 5.56 Å². The summed E-state index contributed by atoms with van der Waals surface area (Å²) in [7, 11) is -3.41. The van der Waals surface area contributed by atoms with E-state index < -0.39 is 10.0 Å². The number of ether oxygens (including phenoxy) is 1. The summed E-state index contributed by atoms with van der Waals surface area (Å²) in [6, 6.07) is 7.32. The van der Waals surface area contributed by atoms with Crippen molar-refractivity contribution in [2.24, 2.45) is 4.40 Å². The Labute approximate surface area is 128 Å². The first-order valence-electron chi connectivity index (χ1n) is 6.39. The lowest BCUT2D eigenvalue weighted by molar-refractivity contribution is 0.211. The van der Waals surface area contributed by atoms with Crippen LogP contribution in [0.4, 0.5) is 0 Å². The second-order valence-electron chi connectivity index (χ2n) is 4.69. The summed E-state index contributed by atoms with van der Waals surface area (Å²) in [5.74, 6) is 0.800. The number of hydrogen-bond acceptors (Lipinski definition) is 4. The first-order valence-corrected chi connectivity index (χ1v) is 8.38. The van der Waals surface area contributed by atoms with E-state index in [4.69, 9.17) is 16.3 Å². The highest BCUT2D eigenvalue weighted by molar-refractivity contribution is 7.90. The van der Waals surface area contributed by atoms with Crippen molar-refractivity contribution < 1.29 is 13.2 Å². The molecule has 0 amide bonds. The van der Waals surface area contributed by atoms with E-state index in [9.17, 15) is 8.42 Å². The van der Waals surface area contributed by atoms with Gasteiger partial charge in [-0.2, -0.15) is 0 Å². The van der Waals surface area contributed by atoms with E-state index in [-0.39, 0.29) is 5.75 Å². The van der Waals surface area contributed by atoms with Crippen molar-refractivity contribution in [3.05, 3.63) is 59.0 Å². The number of fused-ring (bicyclic) bond motifs is 1. The summed E-state index contributed by atoms with van der Waals surface area (Å²) < 4.78 is 32.8. The molecule has 2 heterocycles. The molecule has 0 bridgehead atoms. The Hall–Kier alpha value is -1.79. The van der Waals surface area contributed by atoms with E-state index in [1.165, 1.54) is 0 Å². The monoisotopic (exact) mass is 324 g/mol. The molecule has 0 spiro atoms. The zero-order chi connectivity index (χ0) is 14.9. The number of halogens is 1. The van der Waals surface area contributed by atoms with Crippen LogP contribution in [0.5, 0.6) is 0 Å². The first-order chi connectivity index (χ1) is 10.0. The number of sulfonamides is 1. The van der Waals surface area contributed by atoms with Crippen LogP contribution in [0.2, 0.25) is 5.02 Å². The maximum atomic E-state index is 11.6. The number of hydrogen-bond donors (Lipinski definition) is 0. The summed E-state index contributed by atoms with van der Waals surface area (Å²) in [5.41, 5.74) is 0.906. The lowest BCUT2D eigenvalue weighted by Gasteiger charge is -2.28. The molecular formula is C14H13ClN2O3S. The molecule has 0 N–H and O–H groups in total. The van der Waals surface area contributed by atoms with Gasteiger partial charge >= 0.3 is 0 Å². The Morgan fingerprint density at radius 3 is 3.05 bits per heavy atom. The molecule has 0 atom stereocenters. The van der Waals surface area contributed by atoms with Crippen LogP contribution < -0.4 is 0 Å². The van der Waals surface area contributed by atoms with Gasteiger partial charge in [-0.3, -0.25) is 0 Å². The SMILES string of the molecule is O=S1(=O)CCN2C=CC=C(OCc3cccc(Cl)c3)C2=N1. The van der Waals surface area contributed by atoms with Crippen molar-refractivity contribution in [1.29, 1.82) is 0 Å². The smallest absolute Gasteiger partial charge is 0.256 e. The molecule has 0 aliphatic carbocycles. The fraction of sp³-hybridized carbons (Fsp3) is 0.214.